The van der Waals surface area contributed by atoms with E-state index >= 15 is 0 Å². The Bertz CT molecular complexity index is 400. The van der Waals surface area contributed by atoms with Gasteiger partial charge in [-0.1, -0.05) is 6.42 Å². The summed E-state index contributed by atoms with van der Waals surface area (Å²) in [6.45, 7) is 0.659. The van der Waals surface area contributed by atoms with Gasteiger partial charge in [-0.05, 0) is 12.8 Å². The third kappa shape index (κ3) is 4.70. The zero-order valence-electron chi connectivity index (χ0n) is 15.1. The van der Waals surface area contributed by atoms with Crippen molar-refractivity contribution >= 4 is 0 Å². The van der Waals surface area contributed by atoms with E-state index < -0.39 is 24.3 Å². The van der Waals surface area contributed by atoms with Crippen LogP contribution in [0.3, 0.4) is 0 Å². The summed E-state index contributed by atoms with van der Waals surface area (Å²) in [6.07, 6.45) is 3.12. The van der Waals surface area contributed by atoms with E-state index in [-0.39, 0.29) is 25.8 Å². The van der Waals surface area contributed by atoms with E-state index in [1.54, 1.807) is 14.2 Å². The predicted molar refractivity (Wildman–Crippen MR) is 85.6 cm³/mol. The average molecular weight is 362 g/mol. The molecule has 25 heavy (non-hydrogen) atoms. The maximum atomic E-state index is 9.93. The summed E-state index contributed by atoms with van der Waals surface area (Å²) in [5.74, 6) is -0.502. The third-order valence-corrected chi connectivity index (χ3v) is 5.08. The molecule has 1 saturated carbocycles. The Balaban J connectivity index is 1.68. The van der Waals surface area contributed by atoms with Crippen molar-refractivity contribution in [3.05, 3.63) is 0 Å². The van der Waals surface area contributed by atoms with E-state index in [0.29, 0.717) is 13.0 Å². The monoisotopic (exact) mass is 362 g/mol. The molecule has 0 aromatic heterocycles. The van der Waals surface area contributed by atoms with Gasteiger partial charge in [0.05, 0.1) is 12.7 Å². The van der Waals surface area contributed by atoms with Gasteiger partial charge in [-0.25, -0.2) is 0 Å². The van der Waals surface area contributed by atoms with Crippen molar-refractivity contribution in [3.8, 4) is 0 Å². The van der Waals surface area contributed by atoms with Gasteiger partial charge in [-0.2, -0.15) is 0 Å². The van der Waals surface area contributed by atoms with E-state index in [0.717, 1.165) is 25.7 Å². The largest absolute Gasteiger partial charge is 0.368 e. The lowest BCUT2D eigenvalue weighted by Gasteiger charge is -2.34. The Labute approximate surface area is 148 Å². The fraction of sp³-hybridized carbons (Fsp3) is 1.00. The second kappa shape index (κ2) is 9.05. The Morgan fingerprint density at radius 3 is 2.60 bits per heavy atom. The first-order valence-electron chi connectivity index (χ1n) is 9.04. The van der Waals surface area contributed by atoms with Gasteiger partial charge >= 0.3 is 0 Å². The molecule has 0 aromatic carbocycles. The molecule has 0 bridgehead atoms. The smallest absolute Gasteiger partial charge is 0.169 e. The fourth-order valence-electron chi connectivity index (χ4n) is 3.92. The number of ether oxygens (including phenoxy) is 7. The Hall–Kier alpha value is -0.320. The van der Waals surface area contributed by atoms with Gasteiger partial charge in [-0.3, -0.25) is 0 Å². The number of hydrogen-bond donors (Lipinski definition) is 1. The highest BCUT2D eigenvalue weighted by Crippen LogP contribution is 2.40. The highest BCUT2D eigenvalue weighted by molar-refractivity contribution is 4.94. The highest BCUT2D eigenvalue weighted by Gasteiger charge is 2.51. The first-order valence-corrected chi connectivity index (χ1v) is 9.04. The van der Waals surface area contributed by atoms with Gasteiger partial charge in [0.25, 0.3) is 0 Å². The molecule has 146 valence electrons. The van der Waals surface area contributed by atoms with Crippen molar-refractivity contribution in [2.24, 2.45) is 0 Å². The molecule has 2 saturated heterocycles. The minimum Gasteiger partial charge on any atom is -0.368 e. The molecule has 1 N–H and O–H groups in total. The van der Waals surface area contributed by atoms with E-state index in [2.05, 4.69) is 0 Å². The van der Waals surface area contributed by atoms with Crippen LogP contribution in [-0.4, -0.2) is 76.0 Å². The van der Waals surface area contributed by atoms with Crippen LogP contribution >= 0.6 is 0 Å². The van der Waals surface area contributed by atoms with Crippen molar-refractivity contribution < 1.29 is 38.3 Å². The molecule has 2 aliphatic heterocycles. The maximum absolute atomic E-state index is 9.93. The van der Waals surface area contributed by atoms with Crippen LogP contribution in [0.1, 0.15) is 38.5 Å². The van der Waals surface area contributed by atoms with Gasteiger partial charge in [0.15, 0.2) is 12.1 Å². The van der Waals surface area contributed by atoms with Crippen LogP contribution in [0.4, 0.5) is 0 Å². The molecule has 5 atom stereocenters. The Kier molecular flexibility index (Phi) is 7.04. The van der Waals surface area contributed by atoms with Crippen LogP contribution in [0.15, 0.2) is 0 Å². The maximum Gasteiger partial charge on any atom is 0.169 e. The SMILES string of the molecule is COCO[C@@H]([C@@H]1OC(O)C[C@@H]1OCOC)[C@H]1COC2(CCCCC2)O1. The summed E-state index contributed by atoms with van der Waals surface area (Å²) >= 11 is 0. The summed E-state index contributed by atoms with van der Waals surface area (Å²) in [5.41, 5.74) is 0. The lowest BCUT2D eigenvalue weighted by atomic mass is 9.94. The Morgan fingerprint density at radius 2 is 1.88 bits per heavy atom. The van der Waals surface area contributed by atoms with Crippen LogP contribution in [0.2, 0.25) is 0 Å². The Morgan fingerprint density at radius 1 is 1.12 bits per heavy atom. The van der Waals surface area contributed by atoms with Crippen LogP contribution in [0.25, 0.3) is 0 Å². The van der Waals surface area contributed by atoms with Gasteiger partial charge in [0.1, 0.15) is 31.9 Å². The average Bonchev–Trinajstić information content (AvgIpc) is 3.18. The quantitative estimate of drug-likeness (QED) is 0.644. The van der Waals surface area contributed by atoms with E-state index in [9.17, 15) is 5.11 Å². The van der Waals surface area contributed by atoms with Crippen molar-refractivity contribution in [2.75, 3.05) is 34.4 Å². The molecule has 8 nitrogen and oxygen atoms in total. The van der Waals surface area contributed by atoms with Crippen molar-refractivity contribution in [1.29, 1.82) is 0 Å². The molecular formula is C17H30O8. The van der Waals surface area contributed by atoms with Gasteiger partial charge < -0.3 is 38.3 Å². The molecule has 1 spiro atoms. The van der Waals surface area contributed by atoms with E-state index in [4.69, 9.17) is 33.2 Å². The summed E-state index contributed by atoms with van der Waals surface area (Å²) in [7, 11) is 3.12. The lowest BCUT2D eigenvalue weighted by molar-refractivity contribution is -0.231. The molecule has 0 aromatic rings. The second-order valence-corrected chi connectivity index (χ2v) is 6.88. The van der Waals surface area contributed by atoms with E-state index in [1.807, 2.05) is 0 Å². The lowest BCUT2D eigenvalue weighted by Crippen LogP contribution is -2.48. The zero-order chi connectivity index (χ0) is 17.7. The van der Waals surface area contributed by atoms with Crippen molar-refractivity contribution in [1.82, 2.24) is 0 Å². The molecule has 8 heteroatoms. The topological polar surface area (TPSA) is 84.8 Å². The number of aliphatic hydroxyl groups is 1. The fourth-order valence-corrected chi connectivity index (χ4v) is 3.92. The molecule has 0 amide bonds. The van der Waals surface area contributed by atoms with Gasteiger partial charge in [0.2, 0.25) is 0 Å². The van der Waals surface area contributed by atoms with Gasteiger partial charge in [-0.15, -0.1) is 0 Å². The number of aliphatic hydroxyl groups excluding tert-OH is 1. The first kappa shape index (κ1) is 19.4. The van der Waals surface area contributed by atoms with Crippen molar-refractivity contribution in [3.63, 3.8) is 0 Å². The number of hydrogen-bond acceptors (Lipinski definition) is 8. The predicted octanol–water partition coefficient (Wildman–Crippen LogP) is 1.15. The minimum atomic E-state index is -0.897. The molecular weight excluding hydrogens is 332 g/mol. The standard InChI is InChI=1S/C17H30O8/c1-19-10-21-12-8-14(18)24-16(12)15(22-11-20-2)13-9-23-17(25-13)6-4-3-5-7-17/h12-16,18H,3-11H2,1-2H3/t12-,13+,14?,15+,16+/m0/s1. The van der Waals surface area contributed by atoms with Crippen LogP contribution in [0.5, 0.6) is 0 Å². The van der Waals surface area contributed by atoms with Crippen LogP contribution in [-0.2, 0) is 33.2 Å². The molecule has 0 radical (unpaired) electrons. The third-order valence-electron chi connectivity index (χ3n) is 5.08. The summed E-state index contributed by atoms with van der Waals surface area (Å²) < 4.78 is 39.6. The van der Waals surface area contributed by atoms with Crippen molar-refractivity contribution in [2.45, 2.75) is 75.0 Å². The van der Waals surface area contributed by atoms with Gasteiger partial charge in [0, 0.05) is 33.5 Å². The zero-order valence-corrected chi connectivity index (χ0v) is 15.1. The highest BCUT2D eigenvalue weighted by atomic mass is 16.8. The first-order chi connectivity index (χ1) is 12.2. The summed E-state index contributed by atoms with van der Waals surface area (Å²) in [6, 6.07) is 0. The molecule has 3 aliphatic rings. The molecule has 1 aliphatic carbocycles. The number of methoxy groups -OCH3 is 2. The van der Waals surface area contributed by atoms with E-state index in [1.165, 1.54) is 6.42 Å². The second-order valence-electron chi connectivity index (χ2n) is 6.88. The normalized spacial score (nSPS) is 36.1. The molecule has 1 unspecified atom stereocenters. The summed E-state index contributed by atoms with van der Waals surface area (Å²) in [4.78, 5) is 0. The minimum absolute atomic E-state index is 0.102. The number of rotatable bonds is 8. The molecule has 3 fully saturated rings. The molecule has 2 heterocycles. The summed E-state index contributed by atoms with van der Waals surface area (Å²) in [5, 5.41) is 9.93. The van der Waals surface area contributed by atoms with Crippen LogP contribution < -0.4 is 0 Å². The van der Waals surface area contributed by atoms with Crippen LogP contribution in [0, 0.1) is 0 Å². The molecule has 3 rings (SSSR count).